The third kappa shape index (κ3) is 3.96. The van der Waals surface area contributed by atoms with Crippen molar-refractivity contribution in [3.8, 4) is 22.9 Å². The van der Waals surface area contributed by atoms with E-state index in [0.29, 0.717) is 28.8 Å². The summed E-state index contributed by atoms with van der Waals surface area (Å²) in [5, 5.41) is 15.6. The Balaban J connectivity index is 1.63. The lowest BCUT2D eigenvalue weighted by Gasteiger charge is -2.08. The van der Waals surface area contributed by atoms with E-state index in [1.165, 1.54) is 0 Å². The van der Waals surface area contributed by atoms with Gasteiger partial charge in [0, 0.05) is 30.7 Å². The predicted octanol–water partition coefficient (Wildman–Crippen LogP) is 4.25. The van der Waals surface area contributed by atoms with Crippen molar-refractivity contribution in [1.82, 2.24) is 29.9 Å². The van der Waals surface area contributed by atoms with Crippen molar-refractivity contribution in [2.24, 2.45) is 0 Å². The van der Waals surface area contributed by atoms with Gasteiger partial charge < -0.3 is 10.1 Å². The number of rotatable bonds is 6. The maximum atomic E-state index is 6.13. The predicted molar refractivity (Wildman–Crippen MR) is 105 cm³/mol. The molecule has 0 fully saturated rings. The van der Waals surface area contributed by atoms with Crippen molar-refractivity contribution in [1.29, 1.82) is 0 Å². The first-order chi connectivity index (χ1) is 13.7. The number of ether oxygens (including phenoxy) is 1. The van der Waals surface area contributed by atoms with Crippen LogP contribution in [0.1, 0.15) is 19.9 Å². The number of aromatic nitrogens is 6. The average molecular weight is 373 g/mol. The van der Waals surface area contributed by atoms with E-state index in [1.54, 1.807) is 36.8 Å². The highest BCUT2D eigenvalue weighted by atomic mass is 16.5. The summed E-state index contributed by atoms with van der Waals surface area (Å²) < 4.78 is 7.99. The molecule has 140 valence electrons. The Morgan fingerprint density at radius 1 is 0.964 bits per heavy atom. The van der Waals surface area contributed by atoms with E-state index in [9.17, 15) is 0 Å². The molecular weight excluding hydrogens is 354 g/mol. The summed E-state index contributed by atoms with van der Waals surface area (Å²) in [6.07, 6.45) is 6.90. The van der Waals surface area contributed by atoms with Gasteiger partial charge in [-0.2, -0.15) is 10.2 Å². The molecule has 4 rings (SSSR count). The summed E-state index contributed by atoms with van der Waals surface area (Å²) in [7, 11) is 0. The van der Waals surface area contributed by atoms with Crippen LogP contribution < -0.4 is 10.1 Å². The third-order valence-electron chi connectivity index (χ3n) is 3.92. The van der Waals surface area contributed by atoms with Gasteiger partial charge in [0.15, 0.2) is 17.3 Å². The van der Waals surface area contributed by atoms with Gasteiger partial charge in [-0.1, -0.05) is 6.07 Å². The largest absolute Gasteiger partial charge is 0.453 e. The van der Waals surface area contributed by atoms with Gasteiger partial charge in [0.25, 0.3) is 0 Å². The van der Waals surface area contributed by atoms with Gasteiger partial charge in [-0.3, -0.25) is 9.67 Å². The van der Waals surface area contributed by atoms with Crippen LogP contribution in [0.5, 0.6) is 11.5 Å². The van der Waals surface area contributed by atoms with Crippen LogP contribution in [0.25, 0.3) is 11.4 Å². The van der Waals surface area contributed by atoms with Crippen LogP contribution in [-0.2, 0) is 0 Å². The van der Waals surface area contributed by atoms with Crippen molar-refractivity contribution < 1.29 is 4.74 Å². The molecule has 8 nitrogen and oxygen atoms in total. The first kappa shape index (κ1) is 17.6. The summed E-state index contributed by atoms with van der Waals surface area (Å²) in [6, 6.07) is 13.1. The molecule has 0 unspecified atom stereocenters. The van der Waals surface area contributed by atoms with Crippen LogP contribution in [0.3, 0.4) is 0 Å². The fourth-order valence-corrected chi connectivity index (χ4v) is 2.56. The second kappa shape index (κ2) is 7.83. The van der Waals surface area contributed by atoms with Crippen molar-refractivity contribution in [3.05, 3.63) is 67.3 Å². The number of hydrogen-bond acceptors (Lipinski definition) is 7. The third-order valence-corrected chi connectivity index (χ3v) is 3.92. The number of nitrogens with one attached hydrogen (secondary N) is 1. The minimum atomic E-state index is 0.200. The standard InChI is InChI=1S/C20H19N7O/c1-14(2)27-13-17(20(26-27)16-6-3-4-9-21-16)28-15-8-11-22-19(12-15)24-18-7-5-10-23-25-18/h3-14H,1-2H3,(H,22,24,25). The summed E-state index contributed by atoms with van der Waals surface area (Å²) in [6.45, 7) is 4.13. The number of anilines is 2. The molecule has 0 saturated heterocycles. The van der Waals surface area contributed by atoms with Crippen LogP contribution >= 0.6 is 0 Å². The Kier molecular flexibility index (Phi) is 4.92. The number of pyridine rings is 2. The molecule has 4 aromatic heterocycles. The second-order valence-electron chi connectivity index (χ2n) is 6.34. The number of hydrogen-bond donors (Lipinski definition) is 1. The lowest BCUT2D eigenvalue weighted by Crippen LogP contribution is -2.00. The molecule has 28 heavy (non-hydrogen) atoms. The van der Waals surface area contributed by atoms with Crippen LogP contribution in [0.2, 0.25) is 0 Å². The Labute approximate surface area is 162 Å². The zero-order chi connectivity index (χ0) is 19.3. The topological polar surface area (TPSA) is 90.6 Å². The summed E-state index contributed by atoms with van der Waals surface area (Å²) in [5.74, 6) is 2.47. The van der Waals surface area contributed by atoms with Gasteiger partial charge in [0.1, 0.15) is 11.6 Å². The monoisotopic (exact) mass is 373 g/mol. The average Bonchev–Trinajstić information content (AvgIpc) is 3.14. The Morgan fingerprint density at radius 3 is 2.64 bits per heavy atom. The van der Waals surface area contributed by atoms with E-state index in [2.05, 4.69) is 44.4 Å². The van der Waals surface area contributed by atoms with E-state index < -0.39 is 0 Å². The van der Waals surface area contributed by atoms with E-state index >= 15 is 0 Å². The zero-order valence-corrected chi connectivity index (χ0v) is 15.5. The molecule has 0 amide bonds. The lowest BCUT2D eigenvalue weighted by atomic mass is 10.2. The molecule has 0 bridgehead atoms. The minimum Gasteiger partial charge on any atom is -0.453 e. The van der Waals surface area contributed by atoms with Gasteiger partial charge in [-0.25, -0.2) is 4.98 Å². The zero-order valence-electron chi connectivity index (χ0n) is 15.5. The molecule has 0 aromatic carbocycles. The molecule has 0 atom stereocenters. The Morgan fingerprint density at radius 2 is 1.89 bits per heavy atom. The number of nitrogens with zero attached hydrogens (tertiary/aromatic N) is 6. The quantitative estimate of drug-likeness (QED) is 0.540. The molecule has 0 spiro atoms. The first-order valence-electron chi connectivity index (χ1n) is 8.88. The normalized spacial score (nSPS) is 10.8. The van der Waals surface area contributed by atoms with Crippen LogP contribution in [-0.4, -0.2) is 29.9 Å². The lowest BCUT2D eigenvalue weighted by molar-refractivity contribution is 0.477. The Hall–Kier alpha value is -3.81. The van der Waals surface area contributed by atoms with Gasteiger partial charge in [-0.15, -0.1) is 5.10 Å². The molecule has 0 aliphatic carbocycles. The smallest absolute Gasteiger partial charge is 0.174 e. The Bertz CT molecular complexity index is 1050. The molecule has 4 aromatic rings. The summed E-state index contributed by atoms with van der Waals surface area (Å²) >= 11 is 0. The van der Waals surface area contributed by atoms with Gasteiger partial charge in [0.2, 0.25) is 0 Å². The highest BCUT2D eigenvalue weighted by molar-refractivity contribution is 5.63. The van der Waals surface area contributed by atoms with Crippen molar-refractivity contribution >= 4 is 11.6 Å². The maximum Gasteiger partial charge on any atom is 0.174 e. The second-order valence-corrected chi connectivity index (χ2v) is 6.34. The molecule has 0 radical (unpaired) electrons. The molecular formula is C20H19N7O. The molecule has 4 heterocycles. The molecule has 1 N–H and O–H groups in total. The van der Waals surface area contributed by atoms with Gasteiger partial charge in [-0.05, 0) is 44.2 Å². The fourth-order valence-electron chi connectivity index (χ4n) is 2.56. The van der Waals surface area contributed by atoms with Gasteiger partial charge >= 0.3 is 0 Å². The molecule has 0 aliphatic heterocycles. The molecule has 0 saturated carbocycles. The van der Waals surface area contributed by atoms with Crippen molar-refractivity contribution in [2.45, 2.75) is 19.9 Å². The summed E-state index contributed by atoms with van der Waals surface area (Å²) in [5.41, 5.74) is 1.44. The van der Waals surface area contributed by atoms with Crippen LogP contribution in [0.4, 0.5) is 11.6 Å². The highest BCUT2D eigenvalue weighted by Gasteiger charge is 2.16. The van der Waals surface area contributed by atoms with Crippen LogP contribution in [0.15, 0.2) is 67.3 Å². The van der Waals surface area contributed by atoms with E-state index in [1.807, 2.05) is 35.1 Å². The van der Waals surface area contributed by atoms with Crippen LogP contribution in [0, 0.1) is 0 Å². The molecule has 8 heteroatoms. The van der Waals surface area contributed by atoms with Crippen molar-refractivity contribution in [3.63, 3.8) is 0 Å². The molecule has 0 aliphatic rings. The minimum absolute atomic E-state index is 0.200. The maximum absolute atomic E-state index is 6.13. The van der Waals surface area contributed by atoms with Gasteiger partial charge in [0.05, 0.1) is 11.9 Å². The van der Waals surface area contributed by atoms with E-state index in [-0.39, 0.29) is 6.04 Å². The first-order valence-corrected chi connectivity index (χ1v) is 8.88. The van der Waals surface area contributed by atoms with E-state index in [0.717, 1.165) is 5.69 Å². The SMILES string of the molecule is CC(C)n1cc(Oc2ccnc(Nc3cccnn3)c2)c(-c2ccccn2)n1. The fraction of sp³-hybridized carbons (Fsp3) is 0.150. The summed E-state index contributed by atoms with van der Waals surface area (Å²) in [4.78, 5) is 8.70. The highest BCUT2D eigenvalue weighted by Crippen LogP contribution is 2.32. The van der Waals surface area contributed by atoms with E-state index in [4.69, 9.17) is 4.74 Å². The van der Waals surface area contributed by atoms with Crippen molar-refractivity contribution in [2.75, 3.05) is 5.32 Å².